The minimum Gasteiger partial charge on any atom is -0.457 e. The van der Waals surface area contributed by atoms with E-state index in [1.165, 1.54) is 6.08 Å². The van der Waals surface area contributed by atoms with Crippen LogP contribution in [0.1, 0.15) is 5.76 Å². The number of hydrogen-bond acceptors (Lipinski definition) is 2. The van der Waals surface area contributed by atoms with Crippen molar-refractivity contribution in [2.75, 3.05) is 5.32 Å². The first-order valence-electron chi connectivity index (χ1n) is 7.11. The van der Waals surface area contributed by atoms with Crippen LogP contribution in [0.4, 0.5) is 5.69 Å². The minimum absolute atomic E-state index is 0.216. The molecule has 4 heteroatoms. The van der Waals surface area contributed by atoms with Gasteiger partial charge < -0.3 is 9.73 Å². The standard InChI is InChI=1S/C19H14ClNO2/c20-17-9-5-4-8-16(17)18-12-10-15(23-18)11-13-19(22)21-14-6-2-1-3-7-14/h1-13H,(H,21,22)/b13-11+. The van der Waals surface area contributed by atoms with Gasteiger partial charge in [-0.15, -0.1) is 0 Å². The van der Waals surface area contributed by atoms with E-state index in [4.69, 9.17) is 16.0 Å². The molecule has 1 N–H and O–H groups in total. The van der Waals surface area contributed by atoms with Gasteiger partial charge in [0.15, 0.2) is 0 Å². The molecule has 0 saturated carbocycles. The summed E-state index contributed by atoms with van der Waals surface area (Å²) in [6, 6.07) is 20.4. The van der Waals surface area contributed by atoms with E-state index in [0.717, 1.165) is 11.3 Å². The van der Waals surface area contributed by atoms with E-state index in [-0.39, 0.29) is 5.91 Å². The molecule has 0 aliphatic heterocycles. The normalized spacial score (nSPS) is 10.8. The van der Waals surface area contributed by atoms with E-state index in [2.05, 4.69) is 5.32 Å². The van der Waals surface area contributed by atoms with Gasteiger partial charge in [-0.3, -0.25) is 4.79 Å². The first-order chi connectivity index (χ1) is 11.2. The molecule has 3 nitrogen and oxygen atoms in total. The highest BCUT2D eigenvalue weighted by molar-refractivity contribution is 6.33. The number of rotatable bonds is 4. The highest BCUT2D eigenvalue weighted by Gasteiger charge is 2.07. The monoisotopic (exact) mass is 323 g/mol. The van der Waals surface area contributed by atoms with Crippen LogP contribution in [0, 0.1) is 0 Å². The van der Waals surface area contributed by atoms with Crippen LogP contribution in [0.3, 0.4) is 0 Å². The summed E-state index contributed by atoms with van der Waals surface area (Å²) in [6.45, 7) is 0. The van der Waals surface area contributed by atoms with Crippen LogP contribution in [0.25, 0.3) is 17.4 Å². The molecule has 0 spiro atoms. The van der Waals surface area contributed by atoms with Crippen molar-refractivity contribution in [1.82, 2.24) is 0 Å². The zero-order chi connectivity index (χ0) is 16.1. The van der Waals surface area contributed by atoms with Gasteiger partial charge in [0, 0.05) is 17.3 Å². The Morgan fingerprint density at radius 2 is 1.70 bits per heavy atom. The van der Waals surface area contributed by atoms with Crippen LogP contribution in [0.5, 0.6) is 0 Å². The third kappa shape index (κ3) is 3.90. The second-order valence-electron chi connectivity index (χ2n) is 4.87. The summed E-state index contributed by atoms with van der Waals surface area (Å²) in [6.07, 6.45) is 3.06. The van der Waals surface area contributed by atoms with Crippen LogP contribution >= 0.6 is 11.6 Å². The van der Waals surface area contributed by atoms with Crippen molar-refractivity contribution in [2.24, 2.45) is 0 Å². The molecule has 0 atom stereocenters. The summed E-state index contributed by atoms with van der Waals surface area (Å²) < 4.78 is 5.70. The lowest BCUT2D eigenvalue weighted by molar-refractivity contribution is -0.111. The van der Waals surface area contributed by atoms with Crippen LogP contribution in [-0.2, 0) is 4.79 Å². The first kappa shape index (κ1) is 15.1. The molecule has 0 fully saturated rings. The Morgan fingerprint density at radius 1 is 0.957 bits per heavy atom. The predicted octanol–water partition coefficient (Wildman–Crippen LogP) is 5.25. The highest BCUT2D eigenvalue weighted by atomic mass is 35.5. The summed E-state index contributed by atoms with van der Waals surface area (Å²) in [7, 11) is 0. The molecule has 23 heavy (non-hydrogen) atoms. The number of hydrogen-bond donors (Lipinski definition) is 1. The van der Waals surface area contributed by atoms with Crippen molar-refractivity contribution in [2.45, 2.75) is 0 Å². The zero-order valence-corrected chi connectivity index (χ0v) is 13.0. The molecule has 0 aliphatic carbocycles. The number of halogens is 1. The average molecular weight is 324 g/mol. The number of carbonyl (C=O) groups excluding carboxylic acids is 1. The third-order valence-corrected chi connectivity index (χ3v) is 3.54. The van der Waals surface area contributed by atoms with E-state index >= 15 is 0 Å². The number of anilines is 1. The number of furan rings is 1. The van der Waals surface area contributed by atoms with Gasteiger partial charge in [-0.2, -0.15) is 0 Å². The molecule has 1 amide bonds. The molecule has 0 saturated heterocycles. The third-order valence-electron chi connectivity index (χ3n) is 3.21. The van der Waals surface area contributed by atoms with Gasteiger partial charge in [-0.25, -0.2) is 0 Å². The zero-order valence-electron chi connectivity index (χ0n) is 12.2. The van der Waals surface area contributed by atoms with Crippen LogP contribution in [0.15, 0.2) is 77.2 Å². The topological polar surface area (TPSA) is 42.2 Å². The van der Waals surface area contributed by atoms with E-state index in [1.54, 1.807) is 12.1 Å². The summed E-state index contributed by atoms with van der Waals surface area (Å²) >= 11 is 6.14. The Bertz CT molecular complexity index is 837. The maximum absolute atomic E-state index is 11.9. The smallest absolute Gasteiger partial charge is 0.248 e. The largest absolute Gasteiger partial charge is 0.457 e. The quantitative estimate of drug-likeness (QED) is 0.666. The Balaban J connectivity index is 1.69. The first-order valence-corrected chi connectivity index (χ1v) is 7.49. The Morgan fingerprint density at radius 3 is 2.48 bits per heavy atom. The SMILES string of the molecule is O=C(/C=C/c1ccc(-c2ccccc2Cl)o1)Nc1ccccc1. The van der Waals surface area contributed by atoms with Gasteiger partial charge >= 0.3 is 0 Å². The van der Waals surface area contributed by atoms with Crippen molar-refractivity contribution < 1.29 is 9.21 Å². The minimum atomic E-state index is -0.216. The van der Waals surface area contributed by atoms with Crippen molar-refractivity contribution >= 4 is 29.3 Å². The fourth-order valence-electron chi connectivity index (χ4n) is 2.11. The number of carbonyl (C=O) groups is 1. The van der Waals surface area contributed by atoms with Gasteiger partial charge in [0.25, 0.3) is 0 Å². The van der Waals surface area contributed by atoms with Crippen LogP contribution < -0.4 is 5.32 Å². The molecular weight excluding hydrogens is 310 g/mol. The molecule has 0 unspecified atom stereocenters. The summed E-state index contributed by atoms with van der Waals surface area (Å²) in [5.41, 5.74) is 1.57. The Hall–Kier alpha value is -2.78. The van der Waals surface area contributed by atoms with Gasteiger partial charge in [-0.05, 0) is 42.5 Å². The van der Waals surface area contributed by atoms with Crippen molar-refractivity contribution in [3.8, 4) is 11.3 Å². The summed E-state index contributed by atoms with van der Waals surface area (Å²) in [5, 5.41) is 3.40. The van der Waals surface area contributed by atoms with E-state index in [1.807, 2.05) is 60.7 Å². The summed E-state index contributed by atoms with van der Waals surface area (Å²) in [4.78, 5) is 11.9. The van der Waals surface area contributed by atoms with Crippen LogP contribution in [-0.4, -0.2) is 5.91 Å². The molecule has 1 heterocycles. The molecule has 3 aromatic rings. The molecule has 0 radical (unpaired) electrons. The average Bonchev–Trinajstić information content (AvgIpc) is 3.03. The van der Waals surface area contributed by atoms with Crippen molar-refractivity contribution in [1.29, 1.82) is 0 Å². The van der Waals surface area contributed by atoms with E-state index < -0.39 is 0 Å². The lowest BCUT2D eigenvalue weighted by Gasteiger charge is -2.00. The number of benzene rings is 2. The number of amides is 1. The highest BCUT2D eigenvalue weighted by Crippen LogP contribution is 2.29. The van der Waals surface area contributed by atoms with Crippen molar-refractivity contribution in [3.63, 3.8) is 0 Å². The molecule has 2 aromatic carbocycles. The molecule has 0 aliphatic rings. The number of para-hydroxylation sites is 1. The second kappa shape index (κ2) is 6.99. The second-order valence-corrected chi connectivity index (χ2v) is 5.28. The fraction of sp³-hybridized carbons (Fsp3) is 0. The summed E-state index contributed by atoms with van der Waals surface area (Å²) in [5.74, 6) is 1.04. The maximum atomic E-state index is 11.9. The van der Waals surface area contributed by atoms with Crippen LogP contribution in [0.2, 0.25) is 5.02 Å². The lowest BCUT2D eigenvalue weighted by atomic mass is 10.2. The van der Waals surface area contributed by atoms with E-state index in [0.29, 0.717) is 16.5 Å². The molecule has 0 bridgehead atoms. The molecular formula is C19H14ClNO2. The van der Waals surface area contributed by atoms with Gasteiger partial charge in [0.05, 0.1) is 5.02 Å². The van der Waals surface area contributed by atoms with Gasteiger partial charge in [-0.1, -0.05) is 41.9 Å². The predicted molar refractivity (Wildman–Crippen MR) is 93.3 cm³/mol. The fourth-order valence-corrected chi connectivity index (χ4v) is 2.34. The van der Waals surface area contributed by atoms with Gasteiger partial charge in [0.1, 0.15) is 11.5 Å². The Kier molecular flexibility index (Phi) is 4.60. The molecule has 114 valence electrons. The maximum Gasteiger partial charge on any atom is 0.248 e. The lowest BCUT2D eigenvalue weighted by Crippen LogP contribution is -2.07. The van der Waals surface area contributed by atoms with E-state index in [9.17, 15) is 4.79 Å². The molecule has 3 rings (SSSR count). The Labute approximate surface area is 139 Å². The molecule has 1 aromatic heterocycles. The number of nitrogens with one attached hydrogen (secondary N) is 1. The van der Waals surface area contributed by atoms with Gasteiger partial charge in [0.2, 0.25) is 5.91 Å². The van der Waals surface area contributed by atoms with Crippen molar-refractivity contribution in [3.05, 3.63) is 83.6 Å².